The van der Waals surface area contributed by atoms with Crippen LogP contribution in [0.4, 0.5) is 0 Å². The fourth-order valence-corrected chi connectivity index (χ4v) is 2.41. The minimum Gasteiger partial charge on any atom is -0.460 e. The maximum absolute atomic E-state index is 11.4. The van der Waals surface area contributed by atoms with E-state index in [-0.39, 0.29) is 23.9 Å². The van der Waals surface area contributed by atoms with Crippen LogP contribution >= 0.6 is 11.8 Å². The van der Waals surface area contributed by atoms with Crippen molar-refractivity contribution in [1.82, 2.24) is 0 Å². The number of esters is 1. The molecule has 0 spiro atoms. The number of benzene rings is 1. The number of ether oxygens (including phenoxy) is 1. The molecule has 1 rings (SSSR count). The lowest BCUT2D eigenvalue weighted by Gasteiger charge is -2.05. The van der Waals surface area contributed by atoms with E-state index in [0.717, 1.165) is 11.8 Å². The van der Waals surface area contributed by atoms with Crippen LogP contribution in [-0.2, 0) is 31.0 Å². The number of thioether (sulfide) groups is 1. The standard InChI is InChI=1S/C11H14N2O7S2/c12-22(17,18)10-3-1-9(2-4-10)7-19-11(14)8-21-6-5-20-13(15)16/h1-4H,5-8H2,(H2,12,17,18). The molecule has 0 aliphatic heterocycles. The monoisotopic (exact) mass is 350 g/mol. The van der Waals surface area contributed by atoms with Crippen LogP contribution in [0.25, 0.3) is 0 Å². The summed E-state index contributed by atoms with van der Waals surface area (Å²) in [6.45, 7) is -0.102. The van der Waals surface area contributed by atoms with Crippen molar-refractivity contribution in [2.24, 2.45) is 5.14 Å². The molecule has 0 saturated heterocycles. The van der Waals surface area contributed by atoms with Gasteiger partial charge in [0.1, 0.15) is 13.2 Å². The van der Waals surface area contributed by atoms with Gasteiger partial charge in [0.25, 0.3) is 5.09 Å². The van der Waals surface area contributed by atoms with Gasteiger partial charge in [0.2, 0.25) is 10.0 Å². The van der Waals surface area contributed by atoms with Crippen molar-refractivity contribution >= 4 is 27.8 Å². The highest BCUT2D eigenvalue weighted by Crippen LogP contribution is 2.10. The second-order valence-corrected chi connectivity index (χ2v) is 6.63. The quantitative estimate of drug-likeness (QED) is 0.291. The highest BCUT2D eigenvalue weighted by atomic mass is 32.2. The summed E-state index contributed by atoms with van der Waals surface area (Å²) in [6, 6.07) is 5.63. The fourth-order valence-electron chi connectivity index (χ4n) is 1.31. The molecular weight excluding hydrogens is 336 g/mol. The number of hydrogen-bond donors (Lipinski definition) is 1. The van der Waals surface area contributed by atoms with Gasteiger partial charge >= 0.3 is 5.97 Å². The largest absolute Gasteiger partial charge is 0.460 e. The Kier molecular flexibility index (Phi) is 7.08. The van der Waals surface area contributed by atoms with Crippen LogP contribution in [0.15, 0.2) is 29.2 Å². The van der Waals surface area contributed by atoms with Gasteiger partial charge in [0, 0.05) is 5.75 Å². The van der Waals surface area contributed by atoms with E-state index in [0.29, 0.717) is 11.3 Å². The highest BCUT2D eigenvalue weighted by Gasteiger charge is 2.08. The lowest BCUT2D eigenvalue weighted by Crippen LogP contribution is -2.12. The Morgan fingerprint density at radius 3 is 2.50 bits per heavy atom. The number of carbonyl (C=O) groups is 1. The molecule has 0 aliphatic carbocycles. The van der Waals surface area contributed by atoms with Crippen LogP contribution in [0.2, 0.25) is 0 Å². The molecule has 0 aliphatic rings. The second-order valence-electron chi connectivity index (χ2n) is 3.96. The van der Waals surface area contributed by atoms with Gasteiger partial charge in [-0.2, -0.15) is 0 Å². The Morgan fingerprint density at radius 1 is 1.32 bits per heavy atom. The minimum atomic E-state index is -3.75. The maximum Gasteiger partial charge on any atom is 0.316 e. The third kappa shape index (κ3) is 7.24. The third-order valence-corrected chi connectivity index (χ3v) is 4.12. The minimum absolute atomic E-state index is 0.00428. The van der Waals surface area contributed by atoms with Gasteiger partial charge in [-0.1, -0.05) is 12.1 Å². The first-order valence-corrected chi connectivity index (χ1v) is 8.61. The maximum atomic E-state index is 11.4. The van der Waals surface area contributed by atoms with E-state index in [1.807, 2.05) is 0 Å². The van der Waals surface area contributed by atoms with Crippen LogP contribution < -0.4 is 5.14 Å². The molecule has 1 aromatic carbocycles. The van der Waals surface area contributed by atoms with Crippen LogP contribution in [0.1, 0.15) is 5.56 Å². The Labute approximate surface area is 130 Å². The van der Waals surface area contributed by atoms with E-state index < -0.39 is 21.1 Å². The molecule has 1 aromatic rings. The topological polar surface area (TPSA) is 139 Å². The van der Waals surface area contributed by atoms with E-state index in [1.54, 1.807) is 0 Å². The third-order valence-electron chi connectivity index (χ3n) is 2.30. The number of hydrogen-bond acceptors (Lipinski definition) is 8. The second kappa shape index (κ2) is 8.56. The molecule has 0 saturated carbocycles. The molecule has 0 radical (unpaired) electrons. The first kappa shape index (κ1) is 18.2. The summed E-state index contributed by atoms with van der Waals surface area (Å²) in [6.07, 6.45) is 0. The summed E-state index contributed by atoms with van der Waals surface area (Å²) < 4.78 is 27.1. The van der Waals surface area contributed by atoms with E-state index in [2.05, 4.69) is 4.84 Å². The van der Waals surface area contributed by atoms with E-state index in [4.69, 9.17) is 9.88 Å². The van der Waals surface area contributed by atoms with Gasteiger partial charge in [0.05, 0.1) is 10.6 Å². The molecule has 122 valence electrons. The zero-order chi connectivity index (χ0) is 16.6. The summed E-state index contributed by atoms with van der Waals surface area (Å²) in [5, 5.41) is 13.9. The Balaban J connectivity index is 2.28. The van der Waals surface area contributed by atoms with Crippen LogP contribution in [-0.4, -0.2) is 37.6 Å². The van der Waals surface area contributed by atoms with E-state index in [9.17, 15) is 23.3 Å². The molecule has 0 amide bonds. The smallest absolute Gasteiger partial charge is 0.316 e. The molecule has 0 bridgehead atoms. The Hall–Kier alpha value is -1.85. The van der Waals surface area contributed by atoms with Crippen molar-refractivity contribution in [2.75, 3.05) is 18.1 Å². The Morgan fingerprint density at radius 2 is 1.95 bits per heavy atom. The predicted octanol–water partition coefficient (Wildman–Crippen LogP) is 0.319. The average Bonchev–Trinajstić information content (AvgIpc) is 2.44. The molecule has 0 aromatic heterocycles. The normalized spacial score (nSPS) is 11.0. The highest BCUT2D eigenvalue weighted by molar-refractivity contribution is 7.99. The fraction of sp³-hybridized carbons (Fsp3) is 0.364. The van der Waals surface area contributed by atoms with Crippen molar-refractivity contribution < 1.29 is 27.9 Å². The van der Waals surface area contributed by atoms with E-state index >= 15 is 0 Å². The zero-order valence-electron chi connectivity index (χ0n) is 11.3. The summed E-state index contributed by atoms with van der Waals surface area (Å²) in [5.41, 5.74) is 0.613. The summed E-state index contributed by atoms with van der Waals surface area (Å²) in [4.78, 5) is 25.3. The number of carbonyl (C=O) groups excluding carboxylic acids is 1. The number of sulfonamides is 1. The molecule has 22 heavy (non-hydrogen) atoms. The van der Waals surface area contributed by atoms with Gasteiger partial charge in [-0.15, -0.1) is 21.9 Å². The van der Waals surface area contributed by atoms with Crippen molar-refractivity contribution in [2.45, 2.75) is 11.5 Å². The first-order valence-electron chi connectivity index (χ1n) is 5.91. The van der Waals surface area contributed by atoms with Gasteiger partial charge < -0.3 is 9.57 Å². The first-order chi connectivity index (χ1) is 10.3. The Bertz CT molecular complexity index is 616. The van der Waals surface area contributed by atoms with Gasteiger partial charge in [0.15, 0.2) is 0 Å². The van der Waals surface area contributed by atoms with Crippen LogP contribution in [0.3, 0.4) is 0 Å². The van der Waals surface area contributed by atoms with Crippen LogP contribution in [0.5, 0.6) is 0 Å². The molecular formula is C11H14N2O7S2. The van der Waals surface area contributed by atoms with Crippen LogP contribution in [0, 0.1) is 10.1 Å². The number of nitrogens with zero attached hydrogens (tertiary/aromatic N) is 1. The molecule has 11 heteroatoms. The predicted molar refractivity (Wildman–Crippen MR) is 77.9 cm³/mol. The summed E-state index contributed by atoms with van der Waals surface area (Å²) >= 11 is 1.14. The average molecular weight is 350 g/mol. The van der Waals surface area contributed by atoms with E-state index in [1.165, 1.54) is 24.3 Å². The molecule has 0 heterocycles. The number of nitrogens with two attached hydrogens (primary N) is 1. The number of primary sulfonamides is 1. The SMILES string of the molecule is NS(=O)(=O)c1ccc(COC(=O)CSCCO[N+](=O)[O-])cc1. The molecule has 9 nitrogen and oxygen atoms in total. The molecule has 0 atom stereocenters. The van der Waals surface area contributed by atoms with Crippen molar-refractivity contribution in [3.63, 3.8) is 0 Å². The van der Waals surface area contributed by atoms with Crippen molar-refractivity contribution in [3.8, 4) is 0 Å². The van der Waals surface area contributed by atoms with Gasteiger partial charge in [-0.25, -0.2) is 13.6 Å². The number of rotatable bonds is 9. The summed E-state index contributed by atoms with van der Waals surface area (Å²) in [5.74, 6) is -0.156. The van der Waals surface area contributed by atoms with Crippen molar-refractivity contribution in [1.29, 1.82) is 0 Å². The molecule has 2 N–H and O–H groups in total. The molecule has 0 unspecified atom stereocenters. The van der Waals surface area contributed by atoms with Gasteiger partial charge in [-0.05, 0) is 17.7 Å². The zero-order valence-corrected chi connectivity index (χ0v) is 13.0. The lowest BCUT2D eigenvalue weighted by atomic mass is 10.2. The van der Waals surface area contributed by atoms with Crippen molar-refractivity contribution in [3.05, 3.63) is 39.9 Å². The molecule has 0 fully saturated rings. The van der Waals surface area contributed by atoms with Gasteiger partial charge in [-0.3, -0.25) is 4.79 Å². The lowest BCUT2D eigenvalue weighted by molar-refractivity contribution is -0.756. The summed E-state index contributed by atoms with van der Waals surface area (Å²) in [7, 11) is -3.75.